The molecule has 1 fully saturated rings. The summed E-state index contributed by atoms with van der Waals surface area (Å²) in [6, 6.07) is 9.44. The van der Waals surface area contributed by atoms with Crippen LogP contribution >= 0.6 is 22.6 Å². The van der Waals surface area contributed by atoms with Crippen LogP contribution in [-0.4, -0.2) is 26.9 Å². The Balaban J connectivity index is 1.93. The number of carbonyl (C=O) groups excluding carboxylic acids is 1. The van der Waals surface area contributed by atoms with Gasteiger partial charge in [0, 0.05) is 6.08 Å². The van der Waals surface area contributed by atoms with Gasteiger partial charge in [0.25, 0.3) is 0 Å². The van der Waals surface area contributed by atoms with Crippen LogP contribution in [0.25, 0.3) is 0 Å². The molecule has 5 heteroatoms. The number of rotatable bonds is 1. The van der Waals surface area contributed by atoms with Gasteiger partial charge in [-0.3, -0.25) is 0 Å². The van der Waals surface area contributed by atoms with Crippen LogP contribution in [-0.2, 0) is 14.3 Å². The molecule has 2 aliphatic rings. The van der Waals surface area contributed by atoms with Crippen molar-refractivity contribution < 1.29 is 19.4 Å². The topological polar surface area (TPSA) is 55.8 Å². The Morgan fingerprint density at radius 1 is 1.28 bits per heavy atom. The average Bonchev–Trinajstić information content (AvgIpc) is 2.88. The van der Waals surface area contributed by atoms with E-state index < -0.39 is 24.0 Å². The van der Waals surface area contributed by atoms with Crippen LogP contribution in [0.2, 0.25) is 0 Å². The molecule has 18 heavy (non-hydrogen) atoms. The number of hydrogen-bond acceptors (Lipinski definition) is 4. The van der Waals surface area contributed by atoms with Crippen molar-refractivity contribution in [3.8, 4) is 0 Å². The van der Waals surface area contributed by atoms with Crippen molar-refractivity contribution in [2.45, 2.75) is 21.9 Å². The maximum absolute atomic E-state index is 11.2. The quantitative estimate of drug-likeness (QED) is 0.472. The smallest absolute Gasteiger partial charge is 0.333 e. The first-order chi connectivity index (χ1) is 8.62. The monoisotopic (exact) mass is 358 g/mol. The SMILES string of the molecule is O=C1C=C[C@]2(O1)O[C@@H](c1ccccc1)[C@@H](O)[C@@H]2I. The minimum Gasteiger partial charge on any atom is -0.425 e. The molecule has 1 N–H and O–H groups in total. The maximum atomic E-state index is 11.2. The van der Waals surface area contributed by atoms with Crippen molar-refractivity contribution >= 4 is 28.6 Å². The zero-order chi connectivity index (χ0) is 12.8. The van der Waals surface area contributed by atoms with Gasteiger partial charge in [0.2, 0.25) is 5.79 Å². The number of aliphatic hydroxyl groups is 1. The zero-order valence-electron chi connectivity index (χ0n) is 9.32. The van der Waals surface area contributed by atoms with Gasteiger partial charge in [-0.1, -0.05) is 52.9 Å². The second-order valence-corrected chi connectivity index (χ2v) is 5.66. The molecule has 0 aliphatic carbocycles. The number of aliphatic hydroxyl groups excluding tert-OH is 1. The number of ether oxygens (including phenoxy) is 2. The molecule has 1 aromatic carbocycles. The van der Waals surface area contributed by atoms with Gasteiger partial charge in [0.1, 0.15) is 16.1 Å². The van der Waals surface area contributed by atoms with Crippen molar-refractivity contribution in [3.05, 3.63) is 48.0 Å². The molecule has 2 aliphatic heterocycles. The van der Waals surface area contributed by atoms with Gasteiger partial charge in [-0.2, -0.15) is 0 Å². The minimum absolute atomic E-state index is 0.331. The van der Waals surface area contributed by atoms with Crippen molar-refractivity contribution in [2.24, 2.45) is 0 Å². The van der Waals surface area contributed by atoms with Crippen LogP contribution in [0, 0.1) is 0 Å². The van der Waals surface area contributed by atoms with E-state index in [1.807, 2.05) is 30.3 Å². The molecule has 0 saturated carbocycles. The third-order valence-corrected chi connectivity index (χ3v) is 4.75. The van der Waals surface area contributed by atoms with Crippen LogP contribution in [0.3, 0.4) is 0 Å². The van der Waals surface area contributed by atoms with Gasteiger partial charge in [-0.25, -0.2) is 4.79 Å². The highest BCUT2D eigenvalue weighted by atomic mass is 127. The minimum atomic E-state index is -1.13. The fourth-order valence-corrected chi connectivity index (χ4v) is 3.11. The second kappa shape index (κ2) is 4.32. The van der Waals surface area contributed by atoms with E-state index >= 15 is 0 Å². The number of carbonyl (C=O) groups is 1. The maximum Gasteiger partial charge on any atom is 0.333 e. The summed E-state index contributed by atoms with van der Waals surface area (Å²) in [5.74, 6) is -1.56. The zero-order valence-corrected chi connectivity index (χ0v) is 11.5. The molecule has 1 saturated heterocycles. The molecular weight excluding hydrogens is 347 g/mol. The lowest BCUT2D eigenvalue weighted by Crippen LogP contribution is -2.38. The van der Waals surface area contributed by atoms with Crippen LogP contribution in [0.4, 0.5) is 0 Å². The molecule has 0 amide bonds. The molecule has 3 rings (SSSR count). The lowest BCUT2D eigenvalue weighted by molar-refractivity contribution is -0.190. The number of benzene rings is 1. The predicted octanol–water partition coefficient (Wildman–Crippen LogP) is 1.73. The summed E-state index contributed by atoms with van der Waals surface area (Å²) >= 11 is 2.06. The molecule has 0 radical (unpaired) electrons. The number of alkyl halides is 1. The molecule has 0 bridgehead atoms. The average molecular weight is 358 g/mol. The van der Waals surface area contributed by atoms with Gasteiger partial charge in [0.05, 0.1) is 0 Å². The number of esters is 1. The van der Waals surface area contributed by atoms with Crippen LogP contribution in [0.15, 0.2) is 42.5 Å². The normalized spacial score (nSPS) is 38.3. The summed E-state index contributed by atoms with van der Waals surface area (Å²) in [6.07, 6.45) is 1.72. The summed E-state index contributed by atoms with van der Waals surface area (Å²) in [6.45, 7) is 0. The third kappa shape index (κ3) is 1.77. The van der Waals surface area contributed by atoms with Crippen molar-refractivity contribution in [1.82, 2.24) is 0 Å². The molecule has 1 spiro atoms. The first-order valence-corrected chi connectivity index (χ1v) is 6.84. The summed E-state index contributed by atoms with van der Waals surface area (Å²) in [7, 11) is 0. The van der Waals surface area contributed by atoms with E-state index in [1.54, 1.807) is 6.08 Å². The van der Waals surface area contributed by atoms with E-state index in [-0.39, 0.29) is 3.92 Å². The van der Waals surface area contributed by atoms with E-state index in [0.29, 0.717) is 0 Å². The Labute approximate surface area is 118 Å². The standard InChI is InChI=1S/C13H11IO4/c14-12-10(16)11(8-4-2-1-3-5-8)18-13(12)7-6-9(15)17-13/h1-7,10-12,16H/t10-,11+,12+,13+/m1/s1. The fourth-order valence-electron chi connectivity index (χ4n) is 2.25. The Morgan fingerprint density at radius 3 is 2.61 bits per heavy atom. The van der Waals surface area contributed by atoms with E-state index in [2.05, 4.69) is 22.6 Å². The van der Waals surface area contributed by atoms with Crippen LogP contribution < -0.4 is 0 Å². The summed E-state index contributed by atoms with van der Waals surface area (Å²) in [4.78, 5) is 11.2. The Kier molecular flexibility index (Phi) is 2.91. The molecule has 4 nitrogen and oxygen atoms in total. The van der Waals surface area contributed by atoms with Gasteiger partial charge in [-0.05, 0) is 11.6 Å². The molecule has 4 atom stereocenters. The highest BCUT2D eigenvalue weighted by Gasteiger charge is 2.57. The Bertz CT molecular complexity index is 501. The molecule has 0 aromatic heterocycles. The molecule has 2 heterocycles. The van der Waals surface area contributed by atoms with E-state index in [1.165, 1.54) is 6.08 Å². The van der Waals surface area contributed by atoms with Crippen molar-refractivity contribution in [2.75, 3.05) is 0 Å². The third-order valence-electron chi connectivity index (χ3n) is 3.15. The summed E-state index contributed by atoms with van der Waals surface area (Å²) in [5, 5.41) is 10.3. The van der Waals surface area contributed by atoms with Crippen LogP contribution in [0.1, 0.15) is 11.7 Å². The van der Waals surface area contributed by atoms with Crippen LogP contribution in [0.5, 0.6) is 0 Å². The van der Waals surface area contributed by atoms with Crippen molar-refractivity contribution in [3.63, 3.8) is 0 Å². The molecular formula is C13H11IO4. The Hall–Kier alpha value is -0.920. The number of halogens is 1. The van der Waals surface area contributed by atoms with Gasteiger partial charge >= 0.3 is 5.97 Å². The first-order valence-electron chi connectivity index (χ1n) is 5.59. The van der Waals surface area contributed by atoms with Gasteiger partial charge in [-0.15, -0.1) is 0 Å². The predicted molar refractivity (Wildman–Crippen MR) is 72.0 cm³/mol. The highest BCUT2D eigenvalue weighted by Crippen LogP contribution is 2.47. The Morgan fingerprint density at radius 2 is 2.00 bits per heavy atom. The van der Waals surface area contributed by atoms with Gasteiger partial charge in [0.15, 0.2) is 0 Å². The molecule has 1 aromatic rings. The lowest BCUT2D eigenvalue weighted by atomic mass is 10.0. The molecule has 0 unspecified atom stereocenters. The first kappa shape index (κ1) is 12.1. The second-order valence-electron chi connectivity index (χ2n) is 4.32. The molecule has 94 valence electrons. The lowest BCUT2D eigenvalue weighted by Gasteiger charge is -2.23. The van der Waals surface area contributed by atoms with Gasteiger partial charge < -0.3 is 14.6 Å². The van der Waals surface area contributed by atoms with E-state index in [4.69, 9.17) is 9.47 Å². The van der Waals surface area contributed by atoms with E-state index in [0.717, 1.165) is 5.56 Å². The summed E-state index contributed by atoms with van der Waals surface area (Å²) in [5.41, 5.74) is 0.875. The highest BCUT2D eigenvalue weighted by molar-refractivity contribution is 14.1. The van der Waals surface area contributed by atoms with E-state index in [9.17, 15) is 9.90 Å². The van der Waals surface area contributed by atoms with Crippen molar-refractivity contribution in [1.29, 1.82) is 0 Å². The number of hydrogen-bond donors (Lipinski definition) is 1. The largest absolute Gasteiger partial charge is 0.425 e. The fraction of sp³-hybridized carbons (Fsp3) is 0.308. The summed E-state index contributed by atoms with van der Waals surface area (Å²) < 4.78 is 10.7.